The fraction of sp³-hybridized carbons (Fsp3) is 0.368. The van der Waals surface area contributed by atoms with Crippen LogP contribution in [-0.4, -0.2) is 50.7 Å². The fourth-order valence-corrected chi connectivity index (χ4v) is 3.11. The number of guanidine groups is 1. The zero-order valence-electron chi connectivity index (χ0n) is 15.9. The Balaban J connectivity index is 0.00000280. The average molecular weight is 516 g/mol. The first kappa shape index (κ1) is 22.3. The second-order valence-electron chi connectivity index (χ2n) is 6.25. The maximum Gasteiger partial charge on any atom is 0.243 e. The van der Waals surface area contributed by atoms with Gasteiger partial charge in [-0.25, -0.2) is 4.99 Å². The Bertz CT molecular complexity index is 796. The highest BCUT2D eigenvalue weighted by Gasteiger charge is 2.13. The van der Waals surface area contributed by atoms with Gasteiger partial charge in [0.1, 0.15) is 6.54 Å². The van der Waals surface area contributed by atoms with Gasteiger partial charge in [0.25, 0.3) is 0 Å². The second kappa shape index (κ2) is 11.1. The van der Waals surface area contributed by atoms with Gasteiger partial charge in [0.05, 0.1) is 6.54 Å². The molecule has 3 rings (SSSR count). The number of thiophene rings is 1. The number of nitrogens with one attached hydrogen (secondary N) is 2. The van der Waals surface area contributed by atoms with Gasteiger partial charge in [0.2, 0.25) is 12.7 Å². The predicted molar refractivity (Wildman–Crippen MR) is 122 cm³/mol. The van der Waals surface area contributed by atoms with Crippen molar-refractivity contribution < 1.29 is 14.3 Å². The molecule has 1 aromatic carbocycles. The van der Waals surface area contributed by atoms with Crippen molar-refractivity contribution >= 4 is 47.2 Å². The van der Waals surface area contributed by atoms with Crippen molar-refractivity contribution in [3.05, 3.63) is 46.2 Å². The van der Waals surface area contributed by atoms with Crippen LogP contribution >= 0.6 is 35.3 Å². The van der Waals surface area contributed by atoms with Gasteiger partial charge in [0, 0.05) is 25.5 Å². The van der Waals surface area contributed by atoms with Crippen LogP contribution in [0.4, 0.5) is 0 Å². The lowest BCUT2D eigenvalue weighted by Gasteiger charge is -2.13. The number of rotatable bonds is 7. The molecule has 0 unspecified atom stereocenters. The topological polar surface area (TPSA) is 75.2 Å². The summed E-state index contributed by atoms with van der Waals surface area (Å²) in [6.45, 7) is 1.74. The van der Waals surface area contributed by atoms with Gasteiger partial charge in [-0.3, -0.25) is 4.79 Å². The molecular weight excluding hydrogens is 491 g/mol. The Labute approximate surface area is 186 Å². The number of aliphatic imine (C=N–C) groups is 1. The molecule has 1 amide bonds. The molecular formula is C19H25IN4O3S. The minimum absolute atomic E-state index is 0. The van der Waals surface area contributed by atoms with Crippen LogP contribution in [0.5, 0.6) is 11.5 Å². The molecule has 1 aromatic heterocycles. The van der Waals surface area contributed by atoms with Crippen molar-refractivity contribution in [2.24, 2.45) is 4.99 Å². The zero-order valence-corrected chi connectivity index (χ0v) is 19.1. The van der Waals surface area contributed by atoms with E-state index >= 15 is 0 Å². The molecule has 0 saturated carbocycles. The number of fused-ring (bicyclic) bond motifs is 1. The van der Waals surface area contributed by atoms with Gasteiger partial charge in [-0.2, -0.15) is 0 Å². The first-order valence-electron chi connectivity index (χ1n) is 8.75. The van der Waals surface area contributed by atoms with Crippen molar-refractivity contribution in [1.82, 2.24) is 15.5 Å². The van der Waals surface area contributed by atoms with Crippen LogP contribution in [0.25, 0.3) is 0 Å². The SMILES string of the molecule is CN(C)C(=O)CN=C(NCCc1ccc2c(c1)OCO2)NCc1cccs1.I. The van der Waals surface area contributed by atoms with E-state index in [-0.39, 0.29) is 43.2 Å². The molecule has 9 heteroatoms. The summed E-state index contributed by atoms with van der Waals surface area (Å²) in [6.07, 6.45) is 0.804. The van der Waals surface area contributed by atoms with Crippen LogP contribution < -0.4 is 20.1 Å². The number of likely N-dealkylation sites (N-methyl/N-ethyl adjacent to an activating group) is 1. The summed E-state index contributed by atoms with van der Waals surface area (Å²) in [6, 6.07) is 10.0. The summed E-state index contributed by atoms with van der Waals surface area (Å²) in [5, 5.41) is 8.61. The smallest absolute Gasteiger partial charge is 0.243 e. The predicted octanol–water partition coefficient (Wildman–Crippen LogP) is 2.46. The number of benzene rings is 1. The number of carbonyl (C=O) groups is 1. The van der Waals surface area contributed by atoms with E-state index in [4.69, 9.17) is 9.47 Å². The highest BCUT2D eigenvalue weighted by molar-refractivity contribution is 14.0. The summed E-state index contributed by atoms with van der Waals surface area (Å²) >= 11 is 1.68. The molecule has 1 aliphatic heterocycles. The molecule has 0 bridgehead atoms. The van der Waals surface area contributed by atoms with Crippen LogP contribution in [0.1, 0.15) is 10.4 Å². The van der Waals surface area contributed by atoms with E-state index in [1.54, 1.807) is 25.4 Å². The maximum absolute atomic E-state index is 11.8. The zero-order chi connectivity index (χ0) is 19.1. The molecule has 0 aliphatic carbocycles. The Morgan fingerprint density at radius 3 is 2.79 bits per heavy atom. The van der Waals surface area contributed by atoms with Crippen molar-refractivity contribution in [1.29, 1.82) is 0 Å². The molecule has 0 atom stereocenters. The van der Waals surface area contributed by atoms with E-state index < -0.39 is 0 Å². The Hall–Kier alpha value is -2.01. The quantitative estimate of drug-likeness (QED) is 0.336. The average Bonchev–Trinajstić information content (AvgIpc) is 3.34. The Kier molecular flexibility index (Phi) is 8.84. The molecule has 152 valence electrons. The fourth-order valence-electron chi connectivity index (χ4n) is 2.47. The van der Waals surface area contributed by atoms with Crippen molar-refractivity contribution in [3.8, 4) is 11.5 Å². The van der Waals surface area contributed by atoms with Crippen LogP contribution in [0.2, 0.25) is 0 Å². The number of hydrogen-bond donors (Lipinski definition) is 2. The third-order valence-electron chi connectivity index (χ3n) is 4.02. The van der Waals surface area contributed by atoms with E-state index in [2.05, 4.69) is 21.7 Å². The summed E-state index contributed by atoms with van der Waals surface area (Å²) in [4.78, 5) is 19.0. The van der Waals surface area contributed by atoms with E-state index in [1.807, 2.05) is 29.6 Å². The number of carbonyl (C=O) groups excluding carboxylic acids is 1. The van der Waals surface area contributed by atoms with Gasteiger partial charge < -0.3 is 25.0 Å². The summed E-state index contributed by atoms with van der Waals surface area (Å²) in [7, 11) is 3.45. The van der Waals surface area contributed by atoms with Crippen LogP contribution in [0.15, 0.2) is 40.7 Å². The molecule has 0 spiro atoms. The Morgan fingerprint density at radius 2 is 2.04 bits per heavy atom. The first-order valence-corrected chi connectivity index (χ1v) is 9.63. The van der Waals surface area contributed by atoms with E-state index in [0.717, 1.165) is 23.5 Å². The lowest BCUT2D eigenvalue weighted by atomic mass is 10.1. The standard InChI is InChI=1S/C19H24N4O3S.HI/c1-23(2)18(24)12-22-19(21-11-15-4-3-9-27-15)20-8-7-14-5-6-16-17(10-14)26-13-25-16;/h3-6,9-10H,7-8,11-13H2,1-2H3,(H2,20,21,22);1H. The number of amides is 1. The van der Waals surface area contributed by atoms with E-state index in [9.17, 15) is 4.79 Å². The third-order valence-corrected chi connectivity index (χ3v) is 4.90. The van der Waals surface area contributed by atoms with Gasteiger partial charge in [-0.05, 0) is 35.6 Å². The van der Waals surface area contributed by atoms with Crippen LogP contribution in [0.3, 0.4) is 0 Å². The second-order valence-corrected chi connectivity index (χ2v) is 7.28. The minimum Gasteiger partial charge on any atom is -0.454 e. The van der Waals surface area contributed by atoms with Gasteiger partial charge >= 0.3 is 0 Å². The molecule has 7 nitrogen and oxygen atoms in total. The normalized spacial score (nSPS) is 12.3. The third kappa shape index (κ3) is 6.55. The molecule has 0 saturated heterocycles. The molecule has 0 fully saturated rings. The van der Waals surface area contributed by atoms with E-state index in [1.165, 1.54) is 9.78 Å². The van der Waals surface area contributed by atoms with Gasteiger partial charge in [-0.15, -0.1) is 35.3 Å². The number of ether oxygens (including phenoxy) is 2. The number of halogens is 1. The molecule has 1 aliphatic rings. The van der Waals surface area contributed by atoms with Crippen molar-refractivity contribution in [2.45, 2.75) is 13.0 Å². The van der Waals surface area contributed by atoms with Crippen molar-refractivity contribution in [2.75, 3.05) is 34.0 Å². The molecule has 0 radical (unpaired) electrons. The van der Waals surface area contributed by atoms with Crippen LogP contribution in [-0.2, 0) is 17.8 Å². The number of nitrogens with zero attached hydrogens (tertiary/aromatic N) is 2. The first-order chi connectivity index (χ1) is 13.1. The highest BCUT2D eigenvalue weighted by atomic mass is 127. The van der Waals surface area contributed by atoms with Crippen molar-refractivity contribution in [3.63, 3.8) is 0 Å². The monoisotopic (exact) mass is 516 g/mol. The largest absolute Gasteiger partial charge is 0.454 e. The molecule has 2 aromatic rings. The summed E-state index contributed by atoms with van der Waals surface area (Å²) < 4.78 is 10.7. The maximum atomic E-state index is 11.8. The van der Waals surface area contributed by atoms with Gasteiger partial charge in [-0.1, -0.05) is 12.1 Å². The number of hydrogen-bond acceptors (Lipinski definition) is 5. The van der Waals surface area contributed by atoms with Crippen LogP contribution in [0, 0.1) is 0 Å². The lowest BCUT2D eigenvalue weighted by molar-refractivity contribution is -0.127. The molecule has 28 heavy (non-hydrogen) atoms. The van der Waals surface area contributed by atoms with E-state index in [0.29, 0.717) is 19.0 Å². The molecule has 2 N–H and O–H groups in total. The summed E-state index contributed by atoms with van der Waals surface area (Å²) in [5.41, 5.74) is 1.15. The molecule has 2 heterocycles. The Morgan fingerprint density at radius 1 is 1.21 bits per heavy atom. The highest BCUT2D eigenvalue weighted by Crippen LogP contribution is 2.32. The van der Waals surface area contributed by atoms with Gasteiger partial charge in [0.15, 0.2) is 17.5 Å². The summed E-state index contributed by atoms with van der Waals surface area (Å²) in [5.74, 6) is 2.16. The lowest BCUT2D eigenvalue weighted by Crippen LogP contribution is -2.39. The minimum atomic E-state index is -0.0389.